The molecule has 0 aromatic heterocycles. The molecule has 0 bridgehead atoms. The minimum Gasteiger partial charge on any atom is -0.486 e. The number of hydrogen-bond acceptors (Lipinski definition) is 4. The van der Waals surface area contributed by atoms with Crippen LogP contribution in [0.1, 0.15) is 24.2 Å². The summed E-state index contributed by atoms with van der Waals surface area (Å²) < 4.78 is 10.8. The van der Waals surface area contributed by atoms with E-state index >= 15 is 0 Å². The topological polar surface area (TPSA) is 76.1 Å². The highest BCUT2D eigenvalue weighted by molar-refractivity contribution is 5.96. The van der Waals surface area contributed by atoms with E-state index in [1.165, 1.54) is 4.90 Å². The monoisotopic (exact) mass is 293 g/mol. The molecule has 1 amide bonds. The van der Waals surface area contributed by atoms with Gasteiger partial charge in [0.15, 0.2) is 11.5 Å². The number of nitrogens with zero attached hydrogens (tertiary/aromatic N) is 1. The van der Waals surface area contributed by atoms with Gasteiger partial charge < -0.3 is 19.5 Å². The highest BCUT2D eigenvalue weighted by Gasteiger charge is 2.21. The van der Waals surface area contributed by atoms with E-state index in [1.54, 1.807) is 18.2 Å². The normalized spacial score (nSPS) is 13.1. The highest BCUT2D eigenvalue weighted by Crippen LogP contribution is 2.31. The Morgan fingerprint density at radius 1 is 1.24 bits per heavy atom. The third-order valence-electron chi connectivity index (χ3n) is 2.99. The van der Waals surface area contributed by atoms with Crippen LogP contribution in [0.3, 0.4) is 0 Å². The Morgan fingerprint density at radius 2 is 1.90 bits per heavy atom. The largest absolute Gasteiger partial charge is 0.486 e. The zero-order chi connectivity index (χ0) is 15.4. The lowest BCUT2D eigenvalue weighted by Crippen LogP contribution is -2.38. The maximum absolute atomic E-state index is 12.5. The van der Waals surface area contributed by atoms with Crippen LogP contribution >= 0.6 is 0 Å². The fourth-order valence-corrected chi connectivity index (χ4v) is 2.18. The van der Waals surface area contributed by atoms with Crippen LogP contribution in [-0.2, 0) is 4.79 Å². The fourth-order valence-electron chi connectivity index (χ4n) is 2.18. The number of amides is 1. The smallest absolute Gasteiger partial charge is 0.323 e. The van der Waals surface area contributed by atoms with E-state index in [0.29, 0.717) is 36.8 Å². The number of hydrogen-bond donors (Lipinski definition) is 1. The van der Waals surface area contributed by atoms with Gasteiger partial charge in [-0.2, -0.15) is 0 Å². The molecule has 1 aliphatic rings. The van der Waals surface area contributed by atoms with Crippen molar-refractivity contribution in [2.45, 2.75) is 13.8 Å². The van der Waals surface area contributed by atoms with Gasteiger partial charge in [0.05, 0.1) is 0 Å². The predicted octanol–water partition coefficient (Wildman–Crippen LogP) is 1.64. The third-order valence-corrected chi connectivity index (χ3v) is 2.99. The number of aliphatic carboxylic acids is 1. The summed E-state index contributed by atoms with van der Waals surface area (Å²) in [5.74, 6) is -0.0338. The molecule has 1 aromatic carbocycles. The third kappa shape index (κ3) is 3.87. The molecule has 114 valence electrons. The molecule has 1 N–H and O–H groups in total. The number of carboxylic acid groups (broad SMARTS) is 1. The summed E-state index contributed by atoms with van der Waals surface area (Å²) in [5.41, 5.74) is 0.404. The lowest BCUT2D eigenvalue weighted by Gasteiger charge is -2.24. The highest BCUT2D eigenvalue weighted by atomic mass is 16.6. The van der Waals surface area contributed by atoms with Crippen LogP contribution in [0.15, 0.2) is 18.2 Å². The first-order valence-electron chi connectivity index (χ1n) is 6.88. The lowest BCUT2D eigenvalue weighted by molar-refractivity contribution is -0.137. The van der Waals surface area contributed by atoms with Crippen molar-refractivity contribution in [1.82, 2.24) is 4.90 Å². The first-order valence-corrected chi connectivity index (χ1v) is 6.88. The summed E-state index contributed by atoms with van der Waals surface area (Å²) >= 11 is 0. The van der Waals surface area contributed by atoms with E-state index in [-0.39, 0.29) is 18.4 Å². The van der Waals surface area contributed by atoms with Crippen molar-refractivity contribution >= 4 is 11.9 Å². The molecule has 1 heterocycles. The van der Waals surface area contributed by atoms with Gasteiger partial charge in [-0.1, -0.05) is 13.8 Å². The van der Waals surface area contributed by atoms with Crippen LogP contribution in [0.2, 0.25) is 0 Å². The van der Waals surface area contributed by atoms with Gasteiger partial charge >= 0.3 is 5.97 Å². The summed E-state index contributed by atoms with van der Waals surface area (Å²) in [6.45, 7) is 4.87. The van der Waals surface area contributed by atoms with Crippen molar-refractivity contribution in [3.05, 3.63) is 23.8 Å². The van der Waals surface area contributed by atoms with Crippen molar-refractivity contribution < 1.29 is 24.2 Å². The summed E-state index contributed by atoms with van der Waals surface area (Å²) in [6.07, 6.45) is 0. The molecule has 0 aliphatic carbocycles. The van der Waals surface area contributed by atoms with Crippen LogP contribution in [-0.4, -0.2) is 48.2 Å². The van der Waals surface area contributed by atoms with E-state index in [9.17, 15) is 9.59 Å². The number of carbonyl (C=O) groups is 2. The molecule has 0 saturated heterocycles. The Morgan fingerprint density at radius 3 is 2.52 bits per heavy atom. The molecule has 6 heteroatoms. The molecule has 0 fully saturated rings. The van der Waals surface area contributed by atoms with E-state index < -0.39 is 5.97 Å². The number of benzene rings is 1. The van der Waals surface area contributed by atoms with Crippen LogP contribution in [0.4, 0.5) is 0 Å². The first kappa shape index (κ1) is 15.2. The molecule has 2 rings (SSSR count). The number of fused-ring (bicyclic) bond motifs is 1. The van der Waals surface area contributed by atoms with E-state index in [4.69, 9.17) is 14.6 Å². The average Bonchev–Trinajstić information content (AvgIpc) is 2.44. The minimum absolute atomic E-state index is 0.186. The minimum atomic E-state index is -1.03. The molecule has 21 heavy (non-hydrogen) atoms. The summed E-state index contributed by atoms with van der Waals surface area (Å²) in [5, 5.41) is 8.95. The Bertz CT molecular complexity index is 541. The van der Waals surface area contributed by atoms with Crippen LogP contribution < -0.4 is 9.47 Å². The van der Waals surface area contributed by atoms with Gasteiger partial charge in [0.1, 0.15) is 19.8 Å². The van der Waals surface area contributed by atoms with Crippen molar-refractivity contribution in [2.75, 3.05) is 26.3 Å². The second-order valence-electron chi connectivity index (χ2n) is 5.33. The van der Waals surface area contributed by atoms with Crippen LogP contribution in [0, 0.1) is 5.92 Å². The maximum atomic E-state index is 12.5. The van der Waals surface area contributed by atoms with E-state index in [0.717, 1.165) is 0 Å². The quantitative estimate of drug-likeness (QED) is 0.893. The number of carbonyl (C=O) groups excluding carboxylic acids is 1. The summed E-state index contributed by atoms with van der Waals surface area (Å²) in [7, 11) is 0. The van der Waals surface area contributed by atoms with Gasteiger partial charge in [-0.25, -0.2) is 0 Å². The van der Waals surface area contributed by atoms with Crippen molar-refractivity contribution in [2.24, 2.45) is 5.92 Å². The zero-order valence-electron chi connectivity index (χ0n) is 12.2. The van der Waals surface area contributed by atoms with Gasteiger partial charge in [0.2, 0.25) is 0 Å². The molecule has 0 saturated carbocycles. The van der Waals surface area contributed by atoms with Crippen molar-refractivity contribution in [3.8, 4) is 11.5 Å². The molecular weight excluding hydrogens is 274 g/mol. The molecule has 0 spiro atoms. The first-order chi connectivity index (χ1) is 9.97. The van der Waals surface area contributed by atoms with Crippen molar-refractivity contribution in [3.63, 3.8) is 0 Å². The molecule has 1 aromatic rings. The SMILES string of the molecule is CC(C)CN(CC(=O)O)C(=O)c1ccc2c(c1)OCCO2. The number of rotatable bonds is 5. The van der Waals surface area contributed by atoms with Crippen LogP contribution in [0.25, 0.3) is 0 Å². The Hall–Kier alpha value is -2.24. The molecule has 0 radical (unpaired) electrons. The van der Waals surface area contributed by atoms with Gasteiger partial charge in [-0.05, 0) is 24.1 Å². The van der Waals surface area contributed by atoms with E-state index in [1.807, 2.05) is 13.8 Å². The number of carboxylic acids is 1. The molecule has 6 nitrogen and oxygen atoms in total. The predicted molar refractivity (Wildman–Crippen MR) is 75.8 cm³/mol. The van der Waals surface area contributed by atoms with Gasteiger partial charge in [-0.3, -0.25) is 9.59 Å². The van der Waals surface area contributed by atoms with Crippen molar-refractivity contribution in [1.29, 1.82) is 0 Å². The standard InChI is InChI=1S/C15H19NO5/c1-10(2)8-16(9-14(17)18)15(19)11-3-4-12-13(7-11)21-6-5-20-12/h3-4,7,10H,5-6,8-9H2,1-2H3,(H,17,18). The van der Waals surface area contributed by atoms with Crippen LogP contribution in [0.5, 0.6) is 11.5 Å². The summed E-state index contributed by atoms with van der Waals surface area (Å²) in [4.78, 5) is 24.7. The zero-order valence-corrected chi connectivity index (χ0v) is 12.2. The lowest BCUT2D eigenvalue weighted by atomic mass is 10.1. The van der Waals surface area contributed by atoms with Gasteiger partial charge in [0, 0.05) is 12.1 Å². The second kappa shape index (κ2) is 6.47. The maximum Gasteiger partial charge on any atom is 0.323 e. The Kier molecular flexibility index (Phi) is 4.67. The van der Waals surface area contributed by atoms with Gasteiger partial charge in [0.25, 0.3) is 5.91 Å². The van der Waals surface area contributed by atoms with Gasteiger partial charge in [-0.15, -0.1) is 0 Å². The molecule has 0 unspecified atom stereocenters. The Labute approximate surface area is 123 Å². The average molecular weight is 293 g/mol. The summed E-state index contributed by atoms with van der Waals surface area (Å²) in [6, 6.07) is 4.91. The van der Waals surface area contributed by atoms with E-state index in [2.05, 4.69) is 0 Å². The molecule has 1 aliphatic heterocycles. The number of ether oxygens (including phenoxy) is 2. The Balaban J connectivity index is 2.21. The fraction of sp³-hybridized carbons (Fsp3) is 0.467. The molecule has 0 atom stereocenters. The molecular formula is C15H19NO5. The second-order valence-corrected chi connectivity index (χ2v) is 5.33.